The second kappa shape index (κ2) is 8.24. The third kappa shape index (κ3) is 3.77. The lowest BCUT2D eigenvalue weighted by atomic mass is 10.1. The van der Waals surface area contributed by atoms with Gasteiger partial charge in [-0.15, -0.1) is 0 Å². The maximum atomic E-state index is 13.3. The van der Waals surface area contributed by atoms with Gasteiger partial charge in [0.1, 0.15) is 12.4 Å². The van der Waals surface area contributed by atoms with Crippen molar-refractivity contribution in [3.63, 3.8) is 0 Å². The lowest BCUT2D eigenvalue weighted by Gasteiger charge is -2.10. The van der Waals surface area contributed by atoms with Gasteiger partial charge in [-0.05, 0) is 61.4 Å². The molecule has 7 heteroatoms. The van der Waals surface area contributed by atoms with E-state index in [1.54, 1.807) is 22.6 Å². The van der Waals surface area contributed by atoms with E-state index >= 15 is 0 Å². The van der Waals surface area contributed by atoms with Gasteiger partial charge >= 0.3 is 0 Å². The number of hydrogen-bond acceptors (Lipinski definition) is 4. The van der Waals surface area contributed by atoms with Gasteiger partial charge in [0.15, 0.2) is 4.96 Å². The first kappa shape index (κ1) is 21.0. The molecule has 4 nitrogen and oxygen atoms in total. The molecule has 0 unspecified atom stereocenters. The molecular weight excluding hydrogens is 463 g/mol. The summed E-state index contributed by atoms with van der Waals surface area (Å²) in [5, 5.41) is 1.21. The number of halogens is 2. The number of thiazole rings is 1. The van der Waals surface area contributed by atoms with E-state index in [1.807, 2.05) is 50.3 Å². The number of fused-ring (bicyclic) bond motifs is 3. The third-order valence-electron chi connectivity index (χ3n) is 5.28. The van der Waals surface area contributed by atoms with Crippen molar-refractivity contribution in [3.05, 3.63) is 102 Å². The van der Waals surface area contributed by atoms with E-state index in [0.717, 1.165) is 33.3 Å². The Balaban J connectivity index is 1.60. The molecule has 32 heavy (non-hydrogen) atoms. The fourth-order valence-electron chi connectivity index (χ4n) is 3.79. The molecule has 0 saturated heterocycles. The highest BCUT2D eigenvalue weighted by Crippen LogP contribution is 2.26. The van der Waals surface area contributed by atoms with Crippen molar-refractivity contribution >= 4 is 56.6 Å². The van der Waals surface area contributed by atoms with Crippen LogP contribution in [0.15, 0.2) is 59.4 Å². The van der Waals surface area contributed by atoms with E-state index in [4.69, 9.17) is 32.9 Å². The number of imidazole rings is 1. The highest BCUT2D eigenvalue weighted by atomic mass is 35.5. The predicted octanol–water partition coefficient (Wildman–Crippen LogP) is 5.96. The van der Waals surface area contributed by atoms with Crippen LogP contribution in [0.3, 0.4) is 0 Å². The van der Waals surface area contributed by atoms with Crippen LogP contribution in [0.2, 0.25) is 10.0 Å². The van der Waals surface area contributed by atoms with Crippen LogP contribution in [0.1, 0.15) is 22.3 Å². The SMILES string of the molecule is Cc1cc(C)c2nc3s/c(=C/c4cc(Cl)ccc4OCc4ccccc4Cl)c(=O)n3c2c1. The molecule has 0 fully saturated rings. The Morgan fingerprint density at radius 3 is 2.72 bits per heavy atom. The minimum atomic E-state index is -0.102. The number of rotatable bonds is 4. The fourth-order valence-corrected chi connectivity index (χ4v) is 5.13. The van der Waals surface area contributed by atoms with Crippen LogP contribution < -0.4 is 14.8 Å². The zero-order valence-corrected chi connectivity index (χ0v) is 19.7. The summed E-state index contributed by atoms with van der Waals surface area (Å²) in [7, 11) is 0. The molecule has 0 saturated carbocycles. The van der Waals surface area contributed by atoms with E-state index in [9.17, 15) is 4.79 Å². The average Bonchev–Trinajstić information content (AvgIpc) is 3.25. The molecule has 0 aliphatic rings. The Labute approximate surface area is 198 Å². The maximum Gasteiger partial charge on any atom is 0.274 e. The Kier molecular flexibility index (Phi) is 5.41. The van der Waals surface area contributed by atoms with E-state index in [1.165, 1.54) is 11.3 Å². The molecule has 0 spiro atoms. The second-order valence-electron chi connectivity index (χ2n) is 7.66. The lowest BCUT2D eigenvalue weighted by molar-refractivity contribution is 0.305. The predicted molar refractivity (Wildman–Crippen MR) is 132 cm³/mol. The molecule has 3 aromatic carbocycles. The fraction of sp³-hybridized carbons (Fsp3) is 0.120. The molecule has 5 rings (SSSR count). The van der Waals surface area contributed by atoms with Gasteiger partial charge in [0, 0.05) is 21.2 Å². The second-order valence-corrected chi connectivity index (χ2v) is 9.51. The first-order valence-corrected chi connectivity index (χ1v) is 11.6. The summed E-state index contributed by atoms with van der Waals surface area (Å²) in [4.78, 5) is 18.6. The molecule has 160 valence electrons. The topological polar surface area (TPSA) is 43.6 Å². The molecule has 5 aromatic rings. The standard InChI is InChI=1S/C25H18Cl2N2O2S/c1-14-9-15(2)23-20(10-14)29-24(30)22(32-25(29)28-23)12-17-11-18(26)7-8-21(17)31-13-16-5-3-4-6-19(16)27/h3-12H,13H2,1-2H3/b22-12+. The zero-order chi connectivity index (χ0) is 22.4. The smallest absolute Gasteiger partial charge is 0.274 e. The quantitative estimate of drug-likeness (QED) is 0.318. The van der Waals surface area contributed by atoms with Crippen LogP contribution in [-0.2, 0) is 6.61 Å². The largest absolute Gasteiger partial charge is 0.488 e. The van der Waals surface area contributed by atoms with Crippen LogP contribution >= 0.6 is 34.5 Å². The minimum absolute atomic E-state index is 0.102. The molecule has 0 N–H and O–H groups in total. The number of ether oxygens (including phenoxy) is 1. The van der Waals surface area contributed by atoms with Crippen molar-refractivity contribution in [2.24, 2.45) is 0 Å². The molecule has 0 radical (unpaired) electrons. The van der Waals surface area contributed by atoms with Gasteiger partial charge in [0.05, 0.1) is 15.6 Å². The minimum Gasteiger partial charge on any atom is -0.488 e. The summed E-state index contributed by atoms with van der Waals surface area (Å²) in [5.41, 5.74) is 5.35. The summed E-state index contributed by atoms with van der Waals surface area (Å²) >= 11 is 13.9. The normalized spacial score (nSPS) is 12.2. The van der Waals surface area contributed by atoms with Crippen molar-refractivity contribution in [1.82, 2.24) is 9.38 Å². The number of aromatic nitrogens is 2. The summed E-state index contributed by atoms with van der Waals surface area (Å²) in [5.74, 6) is 0.622. The van der Waals surface area contributed by atoms with Crippen molar-refractivity contribution in [2.45, 2.75) is 20.5 Å². The highest BCUT2D eigenvalue weighted by molar-refractivity contribution is 7.15. The van der Waals surface area contributed by atoms with Crippen LogP contribution in [0.25, 0.3) is 22.1 Å². The van der Waals surface area contributed by atoms with Crippen LogP contribution in [0.4, 0.5) is 0 Å². The highest BCUT2D eigenvalue weighted by Gasteiger charge is 2.14. The summed E-state index contributed by atoms with van der Waals surface area (Å²) in [6.45, 7) is 4.34. The summed E-state index contributed by atoms with van der Waals surface area (Å²) < 4.78 is 8.28. The van der Waals surface area contributed by atoms with E-state index in [2.05, 4.69) is 6.07 Å². The van der Waals surface area contributed by atoms with Gasteiger partial charge in [-0.25, -0.2) is 9.38 Å². The Hall–Kier alpha value is -2.86. The molecule has 0 aliphatic heterocycles. The van der Waals surface area contributed by atoms with E-state index < -0.39 is 0 Å². The maximum absolute atomic E-state index is 13.3. The first-order chi connectivity index (χ1) is 15.4. The van der Waals surface area contributed by atoms with Crippen molar-refractivity contribution < 1.29 is 4.74 Å². The Morgan fingerprint density at radius 2 is 1.91 bits per heavy atom. The molecule has 0 bridgehead atoms. The van der Waals surface area contributed by atoms with Gasteiger partial charge < -0.3 is 4.74 Å². The molecule has 0 atom stereocenters. The van der Waals surface area contributed by atoms with Crippen molar-refractivity contribution in [1.29, 1.82) is 0 Å². The van der Waals surface area contributed by atoms with Crippen LogP contribution in [0, 0.1) is 13.8 Å². The van der Waals surface area contributed by atoms with Crippen LogP contribution in [0.5, 0.6) is 5.75 Å². The molecule has 2 aromatic heterocycles. The van der Waals surface area contributed by atoms with E-state index in [-0.39, 0.29) is 5.56 Å². The number of benzene rings is 3. The lowest BCUT2D eigenvalue weighted by Crippen LogP contribution is -2.22. The van der Waals surface area contributed by atoms with Crippen LogP contribution in [-0.4, -0.2) is 9.38 Å². The van der Waals surface area contributed by atoms with E-state index in [0.29, 0.717) is 31.9 Å². The summed E-state index contributed by atoms with van der Waals surface area (Å²) in [6, 6.07) is 17.0. The molecule has 0 aliphatic carbocycles. The van der Waals surface area contributed by atoms with Gasteiger partial charge in [0.2, 0.25) is 0 Å². The number of hydrogen-bond donors (Lipinski definition) is 0. The molecule has 0 amide bonds. The summed E-state index contributed by atoms with van der Waals surface area (Å²) in [6.07, 6.45) is 1.81. The molecule has 2 heterocycles. The van der Waals surface area contributed by atoms with Gasteiger partial charge in [0.25, 0.3) is 5.56 Å². The number of aryl methyl sites for hydroxylation is 2. The van der Waals surface area contributed by atoms with Crippen molar-refractivity contribution in [3.8, 4) is 5.75 Å². The third-order valence-corrected chi connectivity index (χ3v) is 6.85. The zero-order valence-electron chi connectivity index (χ0n) is 17.4. The average molecular weight is 481 g/mol. The molecular formula is C25H18Cl2N2O2S. The van der Waals surface area contributed by atoms with Gasteiger partial charge in [-0.1, -0.05) is 58.8 Å². The van der Waals surface area contributed by atoms with Gasteiger partial charge in [-0.3, -0.25) is 4.79 Å². The Bertz CT molecular complexity index is 1600. The Morgan fingerprint density at radius 1 is 1.09 bits per heavy atom. The van der Waals surface area contributed by atoms with Crippen molar-refractivity contribution in [2.75, 3.05) is 0 Å². The van der Waals surface area contributed by atoms with Gasteiger partial charge in [-0.2, -0.15) is 0 Å². The monoisotopic (exact) mass is 480 g/mol. The number of nitrogens with zero attached hydrogens (tertiary/aromatic N) is 2. The first-order valence-electron chi connectivity index (χ1n) is 10.0.